The van der Waals surface area contributed by atoms with Gasteiger partial charge in [-0.2, -0.15) is 0 Å². The molecule has 2 fully saturated rings. The summed E-state index contributed by atoms with van der Waals surface area (Å²) in [7, 11) is 2.09. The van der Waals surface area contributed by atoms with Gasteiger partial charge in [-0.15, -0.1) is 0 Å². The molecule has 1 aromatic rings. The number of amides is 4. The minimum atomic E-state index is -0.954. The Hall–Kier alpha value is -2.74. The van der Waals surface area contributed by atoms with Gasteiger partial charge in [0.2, 0.25) is 18.2 Å². The first-order valence-corrected chi connectivity index (χ1v) is 9.06. The number of rotatable bonds is 4. The van der Waals surface area contributed by atoms with Crippen LogP contribution >= 0.6 is 0 Å². The number of likely N-dealkylation sites (N-methyl/N-ethyl adjacent to an activating group) is 1. The van der Waals surface area contributed by atoms with Crippen molar-refractivity contribution in [2.45, 2.75) is 25.8 Å². The van der Waals surface area contributed by atoms with E-state index >= 15 is 0 Å². The van der Waals surface area contributed by atoms with Crippen molar-refractivity contribution in [1.29, 1.82) is 0 Å². The number of imide groups is 2. The SMILES string of the molecule is Cc1cc(N2CCN(C)CC2)ccc1C(=O)N(C=O)C1CCC(=O)NC1=O. The molecule has 3 rings (SSSR count). The molecule has 8 nitrogen and oxygen atoms in total. The first-order chi connectivity index (χ1) is 12.9. The van der Waals surface area contributed by atoms with E-state index in [-0.39, 0.29) is 18.7 Å². The van der Waals surface area contributed by atoms with Gasteiger partial charge in [-0.05, 0) is 44.2 Å². The fourth-order valence-corrected chi connectivity index (χ4v) is 3.50. The molecule has 1 unspecified atom stereocenters. The number of hydrogen-bond donors (Lipinski definition) is 1. The standard InChI is InChI=1S/C19H24N4O4/c1-13-11-14(22-9-7-21(2)8-10-22)3-4-15(13)19(27)23(12-24)16-5-6-17(25)20-18(16)26/h3-4,11-12,16H,5-10H2,1-2H3,(H,20,25,26). The molecule has 1 atom stereocenters. The van der Waals surface area contributed by atoms with Crippen molar-refractivity contribution in [2.24, 2.45) is 0 Å². The van der Waals surface area contributed by atoms with Gasteiger partial charge in [0.05, 0.1) is 0 Å². The van der Waals surface area contributed by atoms with E-state index in [2.05, 4.69) is 22.2 Å². The number of carbonyl (C=O) groups is 4. The van der Waals surface area contributed by atoms with Crippen LogP contribution < -0.4 is 10.2 Å². The zero-order valence-electron chi connectivity index (χ0n) is 15.6. The number of hydrogen-bond acceptors (Lipinski definition) is 6. The minimum Gasteiger partial charge on any atom is -0.369 e. The second kappa shape index (κ2) is 7.87. The maximum absolute atomic E-state index is 12.9. The zero-order chi connectivity index (χ0) is 19.6. The van der Waals surface area contributed by atoms with Gasteiger partial charge >= 0.3 is 0 Å². The van der Waals surface area contributed by atoms with Gasteiger partial charge in [0, 0.05) is 43.9 Å². The molecule has 1 N–H and O–H groups in total. The summed E-state index contributed by atoms with van der Waals surface area (Å²) in [6, 6.07) is 4.56. The van der Waals surface area contributed by atoms with E-state index in [4.69, 9.17) is 0 Å². The molecule has 0 radical (unpaired) electrons. The summed E-state index contributed by atoms with van der Waals surface area (Å²) in [6.45, 7) is 5.61. The lowest BCUT2D eigenvalue weighted by atomic mass is 10.0. The monoisotopic (exact) mass is 372 g/mol. The largest absolute Gasteiger partial charge is 0.369 e. The predicted octanol–water partition coefficient (Wildman–Crippen LogP) is 0.151. The molecule has 4 amide bonds. The maximum atomic E-state index is 12.9. The Balaban J connectivity index is 1.78. The van der Waals surface area contributed by atoms with Crippen LogP contribution in [0.5, 0.6) is 0 Å². The van der Waals surface area contributed by atoms with Crippen LogP contribution in [0.15, 0.2) is 18.2 Å². The molecule has 0 aliphatic carbocycles. The first-order valence-electron chi connectivity index (χ1n) is 9.06. The third-order valence-electron chi connectivity index (χ3n) is 5.20. The van der Waals surface area contributed by atoms with Crippen molar-refractivity contribution in [3.8, 4) is 0 Å². The van der Waals surface area contributed by atoms with Gasteiger partial charge in [0.25, 0.3) is 5.91 Å². The molecular formula is C19H24N4O4. The number of piperidine rings is 1. The molecule has 0 saturated carbocycles. The number of anilines is 1. The van der Waals surface area contributed by atoms with Gasteiger partial charge in [-0.25, -0.2) is 0 Å². The van der Waals surface area contributed by atoms with E-state index < -0.39 is 17.9 Å². The molecule has 0 spiro atoms. The van der Waals surface area contributed by atoms with Crippen molar-refractivity contribution in [2.75, 3.05) is 38.1 Å². The Bertz CT molecular complexity index is 771. The molecular weight excluding hydrogens is 348 g/mol. The van der Waals surface area contributed by atoms with E-state index in [9.17, 15) is 19.2 Å². The average molecular weight is 372 g/mol. The van der Waals surface area contributed by atoms with Crippen LogP contribution in [0.2, 0.25) is 0 Å². The number of carbonyl (C=O) groups excluding carboxylic acids is 4. The molecule has 2 saturated heterocycles. The highest BCUT2D eigenvalue weighted by Crippen LogP contribution is 2.23. The summed E-state index contributed by atoms with van der Waals surface area (Å²) in [5.41, 5.74) is 2.16. The number of piperazine rings is 1. The van der Waals surface area contributed by atoms with E-state index in [1.165, 1.54) is 0 Å². The van der Waals surface area contributed by atoms with Gasteiger partial charge in [-0.1, -0.05) is 0 Å². The van der Waals surface area contributed by atoms with Crippen LogP contribution in [0.1, 0.15) is 28.8 Å². The van der Waals surface area contributed by atoms with Gasteiger partial charge in [-0.3, -0.25) is 29.4 Å². The quantitative estimate of drug-likeness (QED) is 0.598. The molecule has 2 aliphatic heterocycles. The molecule has 0 bridgehead atoms. The molecule has 8 heteroatoms. The van der Waals surface area contributed by atoms with Crippen LogP contribution in [0.3, 0.4) is 0 Å². The van der Waals surface area contributed by atoms with Crippen molar-refractivity contribution < 1.29 is 19.2 Å². The van der Waals surface area contributed by atoms with E-state index in [1.807, 2.05) is 19.1 Å². The maximum Gasteiger partial charge on any atom is 0.261 e. The highest BCUT2D eigenvalue weighted by Gasteiger charge is 2.35. The predicted molar refractivity (Wildman–Crippen MR) is 99.3 cm³/mol. The lowest BCUT2D eigenvalue weighted by molar-refractivity contribution is -0.139. The Kier molecular flexibility index (Phi) is 5.55. The molecule has 0 aromatic heterocycles. The Morgan fingerprint density at radius 2 is 1.93 bits per heavy atom. The second-order valence-electron chi connectivity index (χ2n) is 7.07. The third-order valence-corrected chi connectivity index (χ3v) is 5.20. The number of aryl methyl sites for hydroxylation is 1. The summed E-state index contributed by atoms with van der Waals surface area (Å²) in [6.07, 6.45) is 0.624. The van der Waals surface area contributed by atoms with Crippen LogP contribution in [0, 0.1) is 6.92 Å². The van der Waals surface area contributed by atoms with E-state index in [0.29, 0.717) is 12.0 Å². The first kappa shape index (κ1) is 19.0. The van der Waals surface area contributed by atoms with Crippen molar-refractivity contribution in [1.82, 2.24) is 15.1 Å². The highest BCUT2D eigenvalue weighted by molar-refractivity contribution is 6.07. The second-order valence-corrected chi connectivity index (χ2v) is 7.07. The highest BCUT2D eigenvalue weighted by atomic mass is 16.2. The molecule has 27 heavy (non-hydrogen) atoms. The van der Waals surface area contributed by atoms with Crippen LogP contribution in [0.25, 0.3) is 0 Å². The molecule has 2 aliphatic rings. The topological polar surface area (TPSA) is 90.0 Å². The fourth-order valence-electron chi connectivity index (χ4n) is 3.50. The van der Waals surface area contributed by atoms with Crippen molar-refractivity contribution >= 4 is 29.8 Å². The lowest BCUT2D eigenvalue weighted by Gasteiger charge is -2.34. The third kappa shape index (κ3) is 4.00. The van der Waals surface area contributed by atoms with Crippen LogP contribution in [-0.2, 0) is 14.4 Å². The summed E-state index contributed by atoms with van der Waals surface area (Å²) >= 11 is 0. The summed E-state index contributed by atoms with van der Waals surface area (Å²) in [4.78, 5) is 53.1. The van der Waals surface area contributed by atoms with Crippen LogP contribution in [-0.4, -0.2) is 73.2 Å². The van der Waals surface area contributed by atoms with E-state index in [1.54, 1.807) is 6.07 Å². The summed E-state index contributed by atoms with van der Waals surface area (Å²) in [5, 5.41) is 2.18. The average Bonchev–Trinajstić information content (AvgIpc) is 2.64. The van der Waals surface area contributed by atoms with Crippen molar-refractivity contribution in [3.05, 3.63) is 29.3 Å². The number of nitrogens with one attached hydrogen (secondary N) is 1. The summed E-state index contributed by atoms with van der Waals surface area (Å²) in [5.74, 6) is -1.53. The minimum absolute atomic E-state index is 0.107. The smallest absolute Gasteiger partial charge is 0.261 e. The Labute approximate surface area is 158 Å². The molecule has 2 heterocycles. The Morgan fingerprint density at radius 3 is 2.52 bits per heavy atom. The lowest BCUT2D eigenvalue weighted by Crippen LogP contribution is -2.53. The Morgan fingerprint density at radius 1 is 1.22 bits per heavy atom. The normalized spacial score (nSPS) is 21.0. The van der Waals surface area contributed by atoms with Crippen molar-refractivity contribution in [3.63, 3.8) is 0 Å². The zero-order valence-corrected chi connectivity index (χ0v) is 15.6. The van der Waals surface area contributed by atoms with Gasteiger partial charge in [0.15, 0.2) is 0 Å². The summed E-state index contributed by atoms with van der Waals surface area (Å²) < 4.78 is 0. The van der Waals surface area contributed by atoms with Gasteiger partial charge in [0.1, 0.15) is 6.04 Å². The number of nitrogens with zero attached hydrogens (tertiary/aromatic N) is 3. The molecule has 144 valence electrons. The van der Waals surface area contributed by atoms with Crippen LogP contribution in [0.4, 0.5) is 5.69 Å². The molecule has 1 aromatic carbocycles. The van der Waals surface area contributed by atoms with E-state index in [0.717, 1.165) is 42.3 Å². The fraction of sp³-hybridized carbons (Fsp3) is 0.474. The van der Waals surface area contributed by atoms with Gasteiger partial charge < -0.3 is 9.80 Å². The number of benzene rings is 1.